The van der Waals surface area contributed by atoms with Crippen molar-refractivity contribution in [2.24, 2.45) is 28.6 Å². The van der Waals surface area contributed by atoms with Gasteiger partial charge in [-0.3, -0.25) is 4.79 Å². The predicted molar refractivity (Wildman–Crippen MR) is 97.1 cm³/mol. The first-order valence-corrected chi connectivity index (χ1v) is 9.79. The summed E-state index contributed by atoms with van der Waals surface area (Å²) < 4.78 is 11.5. The fraction of sp³-hybridized carbons (Fsp3) is 0.857. The van der Waals surface area contributed by atoms with Gasteiger partial charge in [0.05, 0.1) is 12.5 Å². The number of allylic oxidation sites excluding steroid dienone is 1. The van der Waals surface area contributed by atoms with Gasteiger partial charge in [-0.25, -0.2) is 0 Å². The quantitative estimate of drug-likeness (QED) is 0.751. The Morgan fingerprint density at radius 1 is 1.32 bits per heavy atom. The maximum absolute atomic E-state index is 11.9. The topological polar surface area (TPSA) is 55.8 Å². The molecule has 0 aromatic carbocycles. The molecular weight excluding hydrogens is 316 g/mol. The second kappa shape index (κ2) is 6.70. The van der Waals surface area contributed by atoms with E-state index in [4.69, 9.17) is 9.47 Å². The van der Waals surface area contributed by atoms with Gasteiger partial charge in [0.25, 0.3) is 0 Å². The molecule has 4 heteroatoms. The van der Waals surface area contributed by atoms with E-state index < -0.39 is 11.9 Å². The molecule has 1 heterocycles. The zero-order chi connectivity index (χ0) is 18.4. The van der Waals surface area contributed by atoms with Crippen LogP contribution in [0, 0.1) is 28.6 Å². The highest BCUT2D eigenvalue weighted by Crippen LogP contribution is 2.56. The second-order valence-electron chi connectivity index (χ2n) is 9.51. The Hall–Kier alpha value is -0.870. The number of hydrogen-bond donors (Lipinski definition) is 1. The molecule has 0 amide bonds. The Labute approximate surface area is 152 Å². The average molecular weight is 350 g/mol. The molecule has 4 nitrogen and oxygen atoms in total. The number of methoxy groups -OCH3 is 1. The standard InChI is InChI=1S/C21H34O4/c1-13(18(22)23)16-15(21(4)10-6-9-20(2,3)12-21)8-7-14-11-25-19(24-5)17(14)16/h13-14,17,19H,6-12H2,1-5H3,(H,22,23)/t13?,14-,17?,19?,21?/m0/s1. The summed E-state index contributed by atoms with van der Waals surface area (Å²) in [5.74, 6) is -0.704. The SMILES string of the molecule is COC1OC[C@@H]2CCC(C3(C)CCCC(C)(C)C3)=C(C(C)C(=O)O)C12. The lowest BCUT2D eigenvalue weighted by atomic mass is 9.56. The number of ether oxygens (including phenoxy) is 2. The van der Waals surface area contributed by atoms with Gasteiger partial charge in [0.2, 0.25) is 0 Å². The minimum absolute atomic E-state index is 0.0988. The number of fused-ring (bicyclic) bond motifs is 1. The number of carboxylic acids is 1. The van der Waals surface area contributed by atoms with Crippen LogP contribution in [0.3, 0.4) is 0 Å². The number of hydrogen-bond acceptors (Lipinski definition) is 3. The molecule has 0 aromatic rings. The van der Waals surface area contributed by atoms with E-state index in [2.05, 4.69) is 20.8 Å². The number of carboxylic acid groups (broad SMARTS) is 1. The molecule has 4 unspecified atom stereocenters. The van der Waals surface area contributed by atoms with E-state index in [1.807, 2.05) is 6.92 Å². The van der Waals surface area contributed by atoms with Crippen LogP contribution in [0.25, 0.3) is 0 Å². The van der Waals surface area contributed by atoms with Crippen molar-refractivity contribution in [3.8, 4) is 0 Å². The molecule has 3 aliphatic rings. The molecule has 2 fully saturated rings. The predicted octanol–water partition coefficient (Wildman–Crippen LogP) is 4.64. The molecule has 25 heavy (non-hydrogen) atoms. The van der Waals surface area contributed by atoms with Gasteiger partial charge in [-0.15, -0.1) is 0 Å². The van der Waals surface area contributed by atoms with E-state index in [-0.39, 0.29) is 17.6 Å². The fourth-order valence-corrected chi connectivity index (χ4v) is 5.98. The van der Waals surface area contributed by atoms with E-state index in [9.17, 15) is 9.90 Å². The van der Waals surface area contributed by atoms with Crippen LogP contribution in [0.15, 0.2) is 11.1 Å². The van der Waals surface area contributed by atoms with Crippen LogP contribution in [0.4, 0.5) is 0 Å². The summed E-state index contributed by atoms with van der Waals surface area (Å²) in [6.07, 6.45) is 6.60. The van der Waals surface area contributed by atoms with E-state index in [0.29, 0.717) is 17.9 Å². The third-order valence-corrected chi connectivity index (χ3v) is 7.00. The first-order chi connectivity index (χ1) is 11.7. The van der Waals surface area contributed by atoms with Gasteiger partial charge in [-0.1, -0.05) is 32.8 Å². The van der Waals surface area contributed by atoms with Crippen molar-refractivity contribution < 1.29 is 19.4 Å². The van der Waals surface area contributed by atoms with Gasteiger partial charge in [-0.05, 0) is 61.3 Å². The number of rotatable bonds is 4. The van der Waals surface area contributed by atoms with Gasteiger partial charge in [0, 0.05) is 13.0 Å². The minimum Gasteiger partial charge on any atom is -0.481 e. The third-order valence-electron chi connectivity index (χ3n) is 7.00. The summed E-state index contributed by atoms with van der Waals surface area (Å²) in [6, 6.07) is 0. The molecule has 1 saturated carbocycles. The van der Waals surface area contributed by atoms with Crippen LogP contribution in [0.1, 0.15) is 66.2 Å². The maximum Gasteiger partial charge on any atom is 0.310 e. The van der Waals surface area contributed by atoms with Crippen molar-refractivity contribution in [3.63, 3.8) is 0 Å². The van der Waals surface area contributed by atoms with Crippen molar-refractivity contribution in [2.45, 2.75) is 72.5 Å². The van der Waals surface area contributed by atoms with Gasteiger partial charge < -0.3 is 14.6 Å². The van der Waals surface area contributed by atoms with Crippen LogP contribution in [0.5, 0.6) is 0 Å². The zero-order valence-electron chi connectivity index (χ0n) is 16.4. The molecule has 1 aliphatic heterocycles. The molecule has 3 rings (SSSR count). The zero-order valence-corrected chi connectivity index (χ0v) is 16.4. The van der Waals surface area contributed by atoms with Crippen molar-refractivity contribution in [1.29, 1.82) is 0 Å². The lowest BCUT2D eigenvalue weighted by molar-refractivity contribution is -0.141. The van der Waals surface area contributed by atoms with Crippen LogP contribution in [0.2, 0.25) is 0 Å². The Morgan fingerprint density at radius 2 is 2.04 bits per heavy atom. The third kappa shape index (κ3) is 3.40. The van der Waals surface area contributed by atoms with E-state index >= 15 is 0 Å². The molecule has 0 spiro atoms. The van der Waals surface area contributed by atoms with Crippen LogP contribution >= 0.6 is 0 Å². The van der Waals surface area contributed by atoms with E-state index in [1.165, 1.54) is 18.4 Å². The summed E-state index contributed by atoms with van der Waals surface area (Å²) in [4.78, 5) is 11.9. The molecule has 1 saturated heterocycles. The number of carbonyl (C=O) groups is 1. The van der Waals surface area contributed by atoms with Crippen LogP contribution in [-0.2, 0) is 14.3 Å². The smallest absolute Gasteiger partial charge is 0.310 e. The monoisotopic (exact) mass is 350 g/mol. The summed E-state index contributed by atoms with van der Waals surface area (Å²) in [7, 11) is 1.68. The largest absolute Gasteiger partial charge is 0.481 e. The normalized spacial score (nSPS) is 39.2. The second-order valence-corrected chi connectivity index (χ2v) is 9.51. The summed E-state index contributed by atoms with van der Waals surface area (Å²) >= 11 is 0. The highest BCUT2D eigenvalue weighted by atomic mass is 16.7. The van der Waals surface area contributed by atoms with Crippen molar-refractivity contribution in [1.82, 2.24) is 0 Å². The molecule has 5 atom stereocenters. The highest BCUT2D eigenvalue weighted by Gasteiger charge is 2.50. The molecule has 2 aliphatic carbocycles. The summed E-state index contributed by atoms with van der Waals surface area (Å²) in [5, 5.41) is 9.80. The van der Waals surface area contributed by atoms with Crippen LogP contribution < -0.4 is 0 Å². The van der Waals surface area contributed by atoms with E-state index in [1.54, 1.807) is 7.11 Å². The van der Waals surface area contributed by atoms with Gasteiger partial charge >= 0.3 is 5.97 Å². The Bertz CT molecular complexity index is 564. The molecule has 0 aromatic heterocycles. The molecule has 142 valence electrons. The first-order valence-electron chi connectivity index (χ1n) is 9.79. The molecule has 0 radical (unpaired) electrons. The van der Waals surface area contributed by atoms with Crippen LogP contribution in [-0.4, -0.2) is 31.1 Å². The molecular formula is C21H34O4. The minimum atomic E-state index is -0.728. The lowest BCUT2D eigenvalue weighted by Gasteiger charge is -2.48. The summed E-state index contributed by atoms with van der Waals surface area (Å²) in [5.41, 5.74) is 2.95. The van der Waals surface area contributed by atoms with Gasteiger partial charge in [-0.2, -0.15) is 0 Å². The Morgan fingerprint density at radius 3 is 2.64 bits per heavy atom. The maximum atomic E-state index is 11.9. The van der Waals surface area contributed by atoms with Crippen molar-refractivity contribution >= 4 is 5.97 Å². The molecule has 1 N–H and O–H groups in total. The van der Waals surface area contributed by atoms with Gasteiger partial charge in [0.15, 0.2) is 6.29 Å². The number of aliphatic carboxylic acids is 1. The van der Waals surface area contributed by atoms with E-state index in [0.717, 1.165) is 31.3 Å². The fourth-order valence-electron chi connectivity index (χ4n) is 5.98. The Kier molecular flexibility index (Phi) is 5.06. The summed E-state index contributed by atoms with van der Waals surface area (Å²) in [6.45, 7) is 9.62. The lowest BCUT2D eigenvalue weighted by Crippen LogP contribution is -2.39. The van der Waals surface area contributed by atoms with Crippen molar-refractivity contribution in [3.05, 3.63) is 11.1 Å². The first kappa shape index (κ1) is 18.9. The average Bonchev–Trinajstić information content (AvgIpc) is 2.95. The molecule has 0 bridgehead atoms. The van der Waals surface area contributed by atoms with Crippen molar-refractivity contribution in [2.75, 3.05) is 13.7 Å². The highest BCUT2D eigenvalue weighted by molar-refractivity contribution is 5.74. The Balaban J connectivity index is 2.08. The van der Waals surface area contributed by atoms with Gasteiger partial charge in [0.1, 0.15) is 0 Å².